The summed E-state index contributed by atoms with van der Waals surface area (Å²) >= 11 is 1.51. The van der Waals surface area contributed by atoms with Crippen LogP contribution >= 0.6 is 11.3 Å². The van der Waals surface area contributed by atoms with Gasteiger partial charge >= 0.3 is 0 Å². The van der Waals surface area contributed by atoms with Gasteiger partial charge in [-0.15, -0.1) is 11.3 Å². The van der Waals surface area contributed by atoms with Crippen molar-refractivity contribution in [2.24, 2.45) is 0 Å². The van der Waals surface area contributed by atoms with Gasteiger partial charge in [-0.2, -0.15) is 5.10 Å². The van der Waals surface area contributed by atoms with Gasteiger partial charge in [0.05, 0.1) is 10.6 Å². The van der Waals surface area contributed by atoms with E-state index in [1.165, 1.54) is 17.7 Å². The van der Waals surface area contributed by atoms with Gasteiger partial charge in [-0.3, -0.25) is 4.79 Å². The first-order valence-corrected chi connectivity index (χ1v) is 8.66. The summed E-state index contributed by atoms with van der Waals surface area (Å²) in [5, 5.41) is 12.8. The molecule has 0 saturated heterocycles. The second kappa shape index (κ2) is 6.52. The molecule has 4 aromatic rings. The number of aryl methyl sites for hydroxylation is 2. The molecule has 130 valence electrons. The summed E-state index contributed by atoms with van der Waals surface area (Å²) < 4.78 is 6.92. The van der Waals surface area contributed by atoms with Crippen LogP contribution in [0.4, 0.5) is 5.82 Å². The Bertz CT molecular complexity index is 1070. The molecular weight excluding hydrogens is 352 g/mol. The second-order valence-corrected chi connectivity index (χ2v) is 6.56. The Morgan fingerprint density at radius 1 is 1.23 bits per heavy atom. The molecule has 1 amide bonds. The van der Waals surface area contributed by atoms with Crippen molar-refractivity contribution in [2.45, 2.75) is 13.8 Å². The molecule has 0 aliphatic rings. The molecule has 0 saturated carbocycles. The third-order valence-electron chi connectivity index (χ3n) is 3.63. The van der Waals surface area contributed by atoms with Gasteiger partial charge in [-0.25, -0.2) is 14.6 Å². The number of thiophene rings is 1. The number of anilines is 1. The summed E-state index contributed by atoms with van der Waals surface area (Å²) in [4.78, 5) is 21.6. The molecule has 0 aliphatic heterocycles. The van der Waals surface area contributed by atoms with Crippen LogP contribution in [0.5, 0.6) is 0 Å². The zero-order chi connectivity index (χ0) is 18.1. The number of nitrogens with zero attached hydrogens (tertiary/aromatic N) is 5. The molecule has 26 heavy (non-hydrogen) atoms. The van der Waals surface area contributed by atoms with E-state index in [1.807, 2.05) is 37.4 Å². The Kier molecular flexibility index (Phi) is 4.05. The maximum absolute atomic E-state index is 12.4. The summed E-state index contributed by atoms with van der Waals surface area (Å²) in [7, 11) is 0. The highest BCUT2D eigenvalue weighted by Crippen LogP contribution is 2.25. The Labute approximate surface area is 152 Å². The summed E-state index contributed by atoms with van der Waals surface area (Å²) in [5.41, 5.74) is 2.01. The molecule has 4 aromatic heterocycles. The number of aromatic nitrogens is 5. The van der Waals surface area contributed by atoms with E-state index in [4.69, 9.17) is 4.52 Å². The van der Waals surface area contributed by atoms with E-state index >= 15 is 0 Å². The van der Waals surface area contributed by atoms with E-state index < -0.39 is 5.91 Å². The molecule has 0 bridgehead atoms. The van der Waals surface area contributed by atoms with Gasteiger partial charge in [-0.05, 0) is 31.4 Å². The third kappa shape index (κ3) is 3.11. The van der Waals surface area contributed by atoms with E-state index in [0.717, 1.165) is 16.3 Å². The van der Waals surface area contributed by atoms with Crippen molar-refractivity contribution in [3.05, 3.63) is 59.1 Å². The first-order valence-electron chi connectivity index (χ1n) is 7.78. The molecule has 0 aliphatic carbocycles. The SMILES string of the molecule is Cc1cc(C)n(-c2cc(NC(=O)c3cc(-c4cccs4)on3)ncn2)n1. The van der Waals surface area contributed by atoms with Crippen LogP contribution in [0.25, 0.3) is 16.5 Å². The van der Waals surface area contributed by atoms with Gasteiger partial charge in [0.1, 0.15) is 12.1 Å². The number of hydrogen-bond acceptors (Lipinski definition) is 7. The molecule has 9 heteroatoms. The molecule has 1 N–H and O–H groups in total. The van der Waals surface area contributed by atoms with Crippen molar-refractivity contribution >= 4 is 23.1 Å². The second-order valence-electron chi connectivity index (χ2n) is 5.61. The fraction of sp³-hybridized carbons (Fsp3) is 0.118. The smallest absolute Gasteiger partial charge is 0.279 e. The summed E-state index contributed by atoms with van der Waals surface area (Å²) in [6.07, 6.45) is 1.38. The normalized spacial score (nSPS) is 10.8. The number of carbonyl (C=O) groups is 1. The molecule has 0 unspecified atom stereocenters. The molecule has 4 rings (SSSR count). The van der Waals surface area contributed by atoms with E-state index in [2.05, 4.69) is 25.5 Å². The van der Waals surface area contributed by atoms with E-state index in [9.17, 15) is 4.79 Å². The Balaban J connectivity index is 1.55. The predicted octanol–water partition coefficient (Wildman–Crippen LogP) is 3.25. The van der Waals surface area contributed by atoms with Crippen LogP contribution in [0, 0.1) is 13.8 Å². The number of amides is 1. The monoisotopic (exact) mass is 366 g/mol. The molecular formula is C17H14N6O2S. The fourth-order valence-electron chi connectivity index (χ4n) is 2.49. The largest absolute Gasteiger partial charge is 0.355 e. The Morgan fingerprint density at radius 2 is 2.12 bits per heavy atom. The van der Waals surface area contributed by atoms with Crippen molar-refractivity contribution in [3.63, 3.8) is 0 Å². The highest BCUT2D eigenvalue weighted by molar-refractivity contribution is 7.13. The van der Waals surface area contributed by atoms with Crippen LogP contribution in [0.1, 0.15) is 21.9 Å². The Hall–Kier alpha value is -3.33. The standard InChI is InChI=1S/C17H14N6O2S/c1-10-6-11(2)23(21-10)16-8-15(18-9-19-16)20-17(24)12-7-13(25-22-12)14-4-3-5-26-14/h3-9H,1-2H3,(H,18,19,20,24). The number of nitrogens with one attached hydrogen (secondary N) is 1. The van der Waals surface area contributed by atoms with E-state index in [1.54, 1.807) is 16.8 Å². The average Bonchev–Trinajstić information content (AvgIpc) is 3.35. The molecule has 0 radical (unpaired) electrons. The van der Waals surface area contributed by atoms with Gasteiger partial charge in [0.25, 0.3) is 5.91 Å². The van der Waals surface area contributed by atoms with Gasteiger partial charge < -0.3 is 9.84 Å². The van der Waals surface area contributed by atoms with Crippen molar-refractivity contribution < 1.29 is 9.32 Å². The summed E-state index contributed by atoms with van der Waals surface area (Å²) in [5.74, 6) is 1.07. The minimum atomic E-state index is -0.408. The molecule has 0 fully saturated rings. The number of rotatable bonds is 4. The van der Waals surface area contributed by atoms with E-state index in [-0.39, 0.29) is 5.69 Å². The third-order valence-corrected chi connectivity index (χ3v) is 4.51. The highest BCUT2D eigenvalue weighted by atomic mass is 32.1. The van der Waals surface area contributed by atoms with Crippen LogP contribution in [0.2, 0.25) is 0 Å². The van der Waals surface area contributed by atoms with Crippen molar-refractivity contribution in [3.8, 4) is 16.5 Å². The van der Waals surface area contributed by atoms with Gasteiger partial charge in [-0.1, -0.05) is 11.2 Å². The van der Waals surface area contributed by atoms with Crippen molar-refractivity contribution in [2.75, 3.05) is 5.32 Å². The van der Waals surface area contributed by atoms with Gasteiger partial charge in [0.15, 0.2) is 17.3 Å². The highest BCUT2D eigenvalue weighted by Gasteiger charge is 2.15. The zero-order valence-corrected chi connectivity index (χ0v) is 14.8. The average molecular weight is 366 g/mol. The molecule has 8 nitrogen and oxygen atoms in total. The lowest BCUT2D eigenvalue weighted by Gasteiger charge is -2.06. The maximum atomic E-state index is 12.4. The Morgan fingerprint density at radius 3 is 2.85 bits per heavy atom. The topological polar surface area (TPSA) is 98.7 Å². The van der Waals surface area contributed by atoms with Crippen molar-refractivity contribution in [1.82, 2.24) is 24.9 Å². The lowest BCUT2D eigenvalue weighted by atomic mass is 10.3. The minimum Gasteiger partial charge on any atom is -0.355 e. The quantitative estimate of drug-likeness (QED) is 0.595. The van der Waals surface area contributed by atoms with Crippen molar-refractivity contribution in [1.29, 1.82) is 0 Å². The molecule has 0 aromatic carbocycles. The molecule has 0 spiro atoms. The van der Waals surface area contributed by atoms with Crippen LogP contribution in [0.3, 0.4) is 0 Å². The number of carbonyl (C=O) groups excluding carboxylic acids is 1. The molecule has 4 heterocycles. The predicted molar refractivity (Wildman–Crippen MR) is 96.4 cm³/mol. The van der Waals surface area contributed by atoms with Crippen LogP contribution < -0.4 is 5.32 Å². The first-order chi connectivity index (χ1) is 12.6. The maximum Gasteiger partial charge on any atom is 0.279 e. The van der Waals surface area contributed by atoms with Gasteiger partial charge in [0, 0.05) is 17.8 Å². The number of hydrogen-bond donors (Lipinski definition) is 1. The lowest BCUT2D eigenvalue weighted by molar-refractivity contribution is 0.101. The fourth-order valence-corrected chi connectivity index (χ4v) is 3.16. The van der Waals surface area contributed by atoms with Gasteiger partial charge in [0.2, 0.25) is 0 Å². The minimum absolute atomic E-state index is 0.180. The van der Waals surface area contributed by atoms with Crippen LogP contribution in [-0.2, 0) is 0 Å². The van der Waals surface area contributed by atoms with Crippen LogP contribution in [-0.4, -0.2) is 30.8 Å². The summed E-state index contributed by atoms with van der Waals surface area (Å²) in [6, 6.07) is 9.01. The van der Waals surface area contributed by atoms with Crippen LogP contribution in [0.15, 0.2) is 46.6 Å². The molecule has 0 atom stereocenters. The first kappa shape index (κ1) is 16.2. The van der Waals surface area contributed by atoms with E-state index in [0.29, 0.717) is 17.4 Å². The zero-order valence-electron chi connectivity index (χ0n) is 14.0. The lowest BCUT2D eigenvalue weighted by Crippen LogP contribution is -2.14. The summed E-state index contributed by atoms with van der Waals surface area (Å²) in [6.45, 7) is 3.84.